The second-order valence-electron chi connectivity index (χ2n) is 7.45. The van der Waals surface area contributed by atoms with E-state index >= 15 is 0 Å². The van der Waals surface area contributed by atoms with Crippen molar-refractivity contribution in [2.75, 3.05) is 26.2 Å². The van der Waals surface area contributed by atoms with Crippen LogP contribution in [0.1, 0.15) is 25.0 Å². The summed E-state index contributed by atoms with van der Waals surface area (Å²) in [7, 11) is 0. The molecule has 0 saturated carbocycles. The zero-order valence-corrected chi connectivity index (χ0v) is 15.8. The number of amides is 1. The first-order valence-corrected chi connectivity index (χ1v) is 9.19. The van der Waals surface area contributed by atoms with Gasteiger partial charge < -0.3 is 4.90 Å². The van der Waals surface area contributed by atoms with E-state index in [0.29, 0.717) is 38.3 Å². The average molecular weight is 367 g/mol. The van der Waals surface area contributed by atoms with E-state index in [1.165, 1.54) is 6.07 Å². The fourth-order valence-electron chi connectivity index (χ4n) is 3.55. The van der Waals surface area contributed by atoms with E-state index < -0.39 is 5.41 Å². The van der Waals surface area contributed by atoms with E-state index in [1.54, 1.807) is 12.1 Å². The van der Waals surface area contributed by atoms with Gasteiger partial charge in [-0.1, -0.05) is 48.5 Å². The normalized spacial score (nSPS) is 15.6. The molecule has 0 spiro atoms. The largest absolute Gasteiger partial charge is 0.339 e. The molecule has 2 aromatic carbocycles. The van der Waals surface area contributed by atoms with Crippen LogP contribution in [0.15, 0.2) is 54.6 Å². The first-order valence-electron chi connectivity index (χ1n) is 9.19. The van der Waals surface area contributed by atoms with Crippen molar-refractivity contribution in [1.82, 2.24) is 9.80 Å². The van der Waals surface area contributed by atoms with Crippen molar-refractivity contribution >= 4 is 11.6 Å². The highest BCUT2D eigenvalue weighted by atomic mass is 16.6. The molecule has 27 heavy (non-hydrogen) atoms. The predicted octanol–water partition coefficient (Wildman–Crippen LogP) is 3.22. The number of benzene rings is 2. The number of rotatable bonds is 5. The summed E-state index contributed by atoms with van der Waals surface area (Å²) < 4.78 is 0. The van der Waals surface area contributed by atoms with Crippen molar-refractivity contribution in [2.45, 2.75) is 25.8 Å². The smallest absolute Gasteiger partial charge is 0.273 e. The fourth-order valence-corrected chi connectivity index (χ4v) is 3.55. The molecule has 6 nitrogen and oxygen atoms in total. The van der Waals surface area contributed by atoms with Crippen LogP contribution in [0.5, 0.6) is 0 Å². The number of piperazine rings is 1. The van der Waals surface area contributed by atoms with Crippen LogP contribution in [0, 0.1) is 10.1 Å². The van der Waals surface area contributed by atoms with Crippen LogP contribution in [-0.2, 0) is 16.8 Å². The molecule has 1 aliphatic heterocycles. The van der Waals surface area contributed by atoms with Gasteiger partial charge in [0.25, 0.3) is 5.69 Å². The Balaban J connectivity index is 1.62. The van der Waals surface area contributed by atoms with Gasteiger partial charge in [0.1, 0.15) is 0 Å². The van der Waals surface area contributed by atoms with E-state index in [0.717, 1.165) is 5.56 Å². The Morgan fingerprint density at radius 1 is 1.00 bits per heavy atom. The molecule has 0 unspecified atom stereocenters. The molecule has 0 bridgehead atoms. The lowest BCUT2D eigenvalue weighted by atomic mass is 9.83. The van der Waals surface area contributed by atoms with Crippen LogP contribution in [0.2, 0.25) is 0 Å². The van der Waals surface area contributed by atoms with E-state index in [2.05, 4.69) is 4.90 Å². The van der Waals surface area contributed by atoms with Crippen LogP contribution in [-0.4, -0.2) is 46.8 Å². The molecule has 0 aliphatic carbocycles. The average Bonchev–Trinajstić information content (AvgIpc) is 2.69. The number of carbonyl (C=O) groups excluding carboxylic acids is 1. The SMILES string of the molecule is CC(C)(C(=O)N1CCN(Cc2ccccc2[N+](=O)[O-])CC1)c1ccccc1. The summed E-state index contributed by atoms with van der Waals surface area (Å²) in [5.74, 6) is 0.124. The molecule has 1 saturated heterocycles. The van der Waals surface area contributed by atoms with Crippen molar-refractivity contribution < 1.29 is 9.72 Å². The summed E-state index contributed by atoms with van der Waals surface area (Å²) in [6, 6.07) is 16.7. The first-order chi connectivity index (χ1) is 12.9. The number of carbonyl (C=O) groups is 1. The summed E-state index contributed by atoms with van der Waals surface area (Å²) in [4.78, 5) is 28.0. The molecule has 0 radical (unpaired) electrons. The van der Waals surface area contributed by atoms with Crippen LogP contribution < -0.4 is 0 Å². The van der Waals surface area contributed by atoms with E-state index in [4.69, 9.17) is 0 Å². The molecule has 0 N–H and O–H groups in total. The highest BCUT2D eigenvalue weighted by Crippen LogP contribution is 2.26. The van der Waals surface area contributed by atoms with E-state index in [-0.39, 0.29) is 16.5 Å². The lowest BCUT2D eigenvalue weighted by Gasteiger charge is -2.38. The molecule has 6 heteroatoms. The van der Waals surface area contributed by atoms with E-state index in [9.17, 15) is 14.9 Å². The number of nitrogens with zero attached hydrogens (tertiary/aromatic N) is 3. The van der Waals surface area contributed by atoms with Crippen LogP contribution in [0.3, 0.4) is 0 Å². The van der Waals surface area contributed by atoms with Gasteiger partial charge in [-0.05, 0) is 19.4 Å². The van der Waals surface area contributed by atoms with Gasteiger partial charge in [0.05, 0.1) is 10.3 Å². The molecule has 1 fully saturated rings. The van der Waals surface area contributed by atoms with Crippen LogP contribution >= 0.6 is 0 Å². The zero-order chi connectivity index (χ0) is 19.4. The zero-order valence-electron chi connectivity index (χ0n) is 15.8. The van der Waals surface area contributed by atoms with Crippen LogP contribution in [0.4, 0.5) is 5.69 Å². The summed E-state index contributed by atoms with van der Waals surface area (Å²) >= 11 is 0. The molecular weight excluding hydrogens is 342 g/mol. The highest BCUT2D eigenvalue weighted by Gasteiger charge is 2.35. The summed E-state index contributed by atoms with van der Waals surface area (Å²) in [5, 5.41) is 11.2. The number of nitro groups is 1. The number of hydrogen-bond acceptors (Lipinski definition) is 4. The Morgan fingerprint density at radius 2 is 1.59 bits per heavy atom. The van der Waals surface area contributed by atoms with Crippen molar-refractivity contribution in [1.29, 1.82) is 0 Å². The van der Waals surface area contributed by atoms with Gasteiger partial charge in [-0.2, -0.15) is 0 Å². The molecular formula is C21H25N3O3. The molecule has 142 valence electrons. The maximum Gasteiger partial charge on any atom is 0.273 e. The van der Waals surface area contributed by atoms with E-state index in [1.807, 2.05) is 55.1 Å². The monoisotopic (exact) mass is 367 g/mol. The predicted molar refractivity (Wildman–Crippen MR) is 104 cm³/mol. The minimum atomic E-state index is -0.568. The van der Waals surface area contributed by atoms with Gasteiger partial charge in [-0.15, -0.1) is 0 Å². The molecule has 2 aromatic rings. The highest BCUT2D eigenvalue weighted by molar-refractivity contribution is 5.87. The molecule has 0 atom stereocenters. The third-order valence-electron chi connectivity index (χ3n) is 5.27. The van der Waals surface area contributed by atoms with Crippen LogP contribution in [0.25, 0.3) is 0 Å². The molecule has 3 rings (SSSR count). The Hall–Kier alpha value is -2.73. The van der Waals surface area contributed by atoms with Gasteiger partial charge in [0.15, 0.2) is 0 Å². The molecule has 1 aliphatic rings. The minimum Gasteiger partial charge on any atom is -0.339 e. The van der Waals surface area contributed by atoms with Gasteiger partial charge in [-0.25, -0.2) is 0 Å². The van der Waals surface area contributed by atoms with Gasteiger partial charge in [0, 0.05) is 44.4 Å². The topological polar surface area (TPSA) is 66.7 Å². The van der Waals surface area contributed by atoms with Crippen molar-refractivity contribution in [3.05, 3.63) is 75.8 Å². The Bertz CT molecular complexity index is 812. The number of para-hydroxylation sites is 1. The lowest BCUT2D eigenvalue weighted by molar-refractivity contribution is -0.385. The second-order valence-corrected chi connectivity index (χ2v) is 7.45. The Kier molecular flexibility index (Phi) is 5.56. The minimum absolute atomic E-state index is 0.124. The Labute approximate surface area is 159 Å². The quantitative estimate of drug-likeness (QED) is 0.601. The standard InChI is InChI=1S/C21H25N3O3/c1-21(2,18-9-4-3-5-10-18)20(25)23-14-12-22(13-15-23)16-17-8-6-7-11-19(17)24(26)27/h3-11H,12-16H2,1-2H3. The van der Waals surface area contributed by atoms with Crippen molar-refractivity contribution in [2.24, 2.45) is 0 Å². The third-order valence-corrected chi connectivity index (χ3v) is 5.27. The third kappa shape index (κ3) is 4.17. The molecule has 1 amide bonds. The summed E-state index contributed by atoms with van der Waals surface area (Å²) in [6.07, 6.45) is 0. The first kappa shape index (κ1) is 19.0. The van der Waals surface area contributed by atoms with Gasteiger partial charge in [-0.3, -0.25) is 19.8 Å². The van der Waals surface area contributed by atoms with Gasteiger partial charge in [0.2, 0.25) is 5.91 Å². The van der Waals surface area contributed by atoms with Crippen molar-refractivity contribution in [3.8, 4) is 0 Å². The second kappa shape index (κ2) is 7.88. The lowest BCUT2D eigenvalue weighted by Crippen LogP contribution is -2.52. The van der Waals surface area contributed by atoms with Gasteiger partial charge >= 0.3 is 0 Å². The van der Waals surface area contributed by atoms with Crippen molar-refractivity contribution in [3.63, 3.8) is 0 Å². The summed E-state index contributed by atoms with van der Waals surface area (Å²) in [6.45, 7) is 7.15. The molecule has 1 heterocycles. The maximum atomic E-state index is 13.0. The number of hydrogen-bond donors (Lipinski definition) is 0. The fraction of sp³-hybridized carbons (Fsp3) is 0.381. The molecule has 0 aromatic heterocycles. The summed E-state index contributed by atoms with van der Waals surface area (Å²) in [5.41, 5.74) is 1.31. The Morgan fingerprint density at radius 3 is 2.22 bits per heavy atom. The maximum absolute atomic E-state index is 13.0. The number of nitro benzene ring substituents is 1.